The van der Waals surface area contributed by atoms with E-state index >= 15 is 0 Å². The maximum absolute atomic E-state index is 4.52. The second kappa shape index (κ2) is 3.66. The number of fused-ring (bicyclic) bond motifs is 1. The number of hydrogen-bond acceptors (Lipinski definition) is 1. The molecule has 0 spiro atoms. The molecule has 0 aliphatic heterocycles. The molecule has 1 heterocycles. The lowest BCUT2D eigenvalue weighted by Crippen LogP contribution is -2.23. The zero-order valence-electron chi connectivity index (χ0n) is 8.49. The van der Waals surface area contributed by atoms with Gasteiger partial charge in [-0.3, -0.25) is 0 Å². The predicted molar refractivity (Wildman–Crippen MR) is 59.1 cm³/mol. The first-order chi connectivity index (χ1) is 6.77. The van der Waals surface area contributed by atoms with Gasteiger partial charge in [-0.25, -0.2) is 4.98 Å². The van der Waals surface area contributed by atoms with E-state index in [1.54, 1.807) is 0 Å². The van der Waals surface area contributed by atoms with Gasteiger partial charge in [0.05, 0.1) is 10.7 Å². The first-order valence-corrected chi connectivity index (χ1v) is 4.88. The molecule has 1 aromatic rings. The highest BCUT2D eigenvalue weighted by atomic mass is 14.9. The average molecular weight is 186 g/mol. The fourth-order valence-electron chi connectivity index (χ4n) is 1.37. The van der Waals surface area contributed by atoms with Gasteiger partial charge >= 0.3 is 0 Å². The first kappa shape index (κ1) is 9.00. The van der Waals surface area contributed by atoms with E-state index in [9.17, 15) is 0 Å². The third-order valence-electron chi connectivity index (χ3n) is 2.18. The maximum Gasteiger partial charge on any atom is 0.109 e. The van der Waals surface area contributed by atoms with Crippen molar-refractivity contribution >= 4 is 12.2 Å². The monoisotopic (exact) mass is 186 g/mol. The van der Waals surface area contributed by atoms with Crippen molar-refractivity contribution in [1.29, 1.82) is 0 Å². The third kappa shape index (κ3) is 1.69. The average Bonchev–Trinajstić information content (AvgIpc) is 2.48. The number of hydrogen-bond donors (Lipinski definition) is 1. The number of nitrogens with zero attached hydrogens (tertiary/aromatic N) is 1. The molecule has 2 rings (SSSR count). The molecule has 0 amide bonds. The highest BCUT2D eigenvalue weighted by Crippen LogP contribution is 2.03. The Balaban J connectivity index is 2.65. The van der Waals surface area contributed by atoms with E-state index in [0.29, 0.717) is 5.92 Å². The summed E-state index contributed by atoms with van der Waals surface area (Å²) >= 11 is 0. The van der Waals surface area contributed by atoms with Gasteiger partial charge in [-0.2, -0.15) is 0 Å². The summed E-state index contributed by atoms with van der Waals surface area (Å²) in [5.74, 6) is 1.49. The van der Waals surface area contributed by atoms with E-state index in [4.69, 9.17) is 0 Å². The number of allylic oxidation sites excluding steroid dienone is 4. The lowest BCUT2D eigenvalue weighted by Gasteiger charge is -1.95. The van der Waals surface area contributed by atoms with Gasteiger partial charge in [0, 0.05) is 5.92 Å². The van der Waals surface area contributed by atoms with Crippen LogP contribution < -0.4 is 10.7 Å². The zero-order chi connectivity index (χ0) is 9.97. The van der Waals surface area contributed by atoms with Crippen molar-refractivity contribution in [3.8, 4) is 0 Å². The van der Waals surface area contributed by atoms with Crippen molar-refractivity contribution in [2.75, 3.05) is 0 Å². The van der Waals surface area contributed by atoms with E-state index in [0.717, 1.165) is 16.5 Å². The SMILES string of the molecule is CC(C)c1nc2/c([nH]1)=C\C=C/C=C\C=2. The smallest absolute Gasteiger partial charge is 0.109 e. The summed E-state index contributed by atoms with van der Waals surface area (Å²) in [5.41, 5.74) is 0. The minimum Gasteiger partial charge on any atom is -0.342 e. The highest BCUT2D eigenvalue weighted by molar-refractivity contribution is 5.45. The highest BCUT2D eigenvalue weighted by Gasteiger charge is 2.02. The molecule has 0 fully saturated rings. The Morgan fingerprint density at radius 2 is 1.79 bits per heavy atom. The van der Waals surface area contributed by atoms with Gasteiger partial charge in [-0.15, -0.1) is 0 Å². The molecule has 72 valence electrons. The Morgan fingerprint density at radius 3 is 2.50 bits per heavy atom. The van der Waals surface area contributed by atoms with E-state index in [-0.39, 0.29) is 0 Å². The van der Waals surface area contributed by atoms with Crippen LogP contribution in [0.25, 0.3) is 12.2 Å². The molecule has 0 saturated carbocycles. The van der Waals surface area contributed by atoms with Crippen LogP contribution >= 0.6 is 0 Å². The Morgan fingerprint density at radius 1 is 1.07 bits per heavy atom. The molecule has 0 saturated heterocycles. The lowest BCUT2D eigenvalue weighted by atomic mass is 10.2. The summed E-state index contributed by atoms with van der Waals surface area (Å²) in [6, 6.07) is 0. The molecule has 0 bridgehead atoms. The second-order valence-electron chi connectivity index (χ2n) is 3.68. The van der Waals surface area contributed by atoms with E-state index in [2.05, 4.69) is 23.8 Å². The van der Waals surface area contributed by atoms with Gasteiger partial charge in [0.1, 0.15) is 5.82 Å². The molecule has 1 aliphatic rings. The van der Waals surface area contributed by atoms with Gasteiger partial charge in [0.2, 0.25) is 0 Å². The van der Waals surface area contributed by atoms with Crippen LogP contribution in [0.15, 0.2) is 24.3 Å². The Kier molecular flexibility index (Phi) is 2.35. The van der Waals surface area contributed by atoms with Crippen LogP contribution in [0.1, 0.15) is 25.6 Å². The minimum atomic E-state index is 0.443. The van der Waals surface area contributed by atoms with Crippen molar-refractivity contribution in [1.82, 2.24) is 9.97 Å². The number of aromatic nitrogens is 2. The molecule has 1 aromatic heterocycles. The molecule has 2 heteroatoms. The number of H-pyrrole nitrogens is 1. The molecule has 0 radical (unpaired) electrons. The molecular weight excluding hydrogens is 172 g/mol. The number of rotatable bonds is 1. The van der Waals surface area contributed by atoms with Gasteiger partial charge in [-0.05, 0) is 12.2 Å². The molecule has 1 aliphatic carbocycles. The van der Waals surface area contributed by atoms with Gasteiger partial charge in [0.25, 0.3) is 0 Å². The van der Waals surface area contributed by atoms with Crippen LogP contribution in [0, 0.1) is 0 Å². The molecule has 1 N–H and O–H groups in total. The fraction of sp³-hybridized carbons (Fsp3) is 0.250. The number of aromatic amines is 1. The molecule has 14 heavy (non-hydrogen) atoms. The molecular formula is C12H14N2. The molecule has 0 unspecified atom stereocenters. The van der Waals surface area contributed by atoms with E-state index < -0.39 is 0 Å². The van der Waals surface area contributed by atoms with Crippen molar-refractivity contribution in [2.24, 2.45) is 0 Å². The third-order valence-corrected chi connectivity index (χ3v) is 2.18. The Bertz CT molecular complexity index is 445. The quantitative estimate of drug-likeness (QED) is 0.702. The Labute approximate surface area is 83.4 Å². The van der Waals surface area contributed by atoms with E-state index in [1.165, 1.54) is 0 Å². The predicted octanol–water partition coefficient (Wildman–Crippen LogP) is 1.22. The molecule has 2 nitrogen and oxygen atoms in total. The molecule has 0 atom stereocenters. The molecule has 0 aromatic carbocycles. The summed E-state index contributed by atoms with van der Waals surface area (Å²) in [6.45, 7) is 4.27. The maximum atomic E-state index is 4.52. The van der Waals surface area contributed by atoms with Crippen LogP contribution in [-0.4, -0.2) is 9.97 Å². The number of imidazole rings is 1. The zero-order valence-corrected chi connectivity index (χ0v) is 8.49. The summed E-state index contributed by atoms with van der Waals surface area (Å²) in [6.07, 6.45) is 12.1. The normalized spacial score (nSPS) is 23.6. The lowest BCUT2D eigenvalue weighted by molar-refractivity contribution is 0.791. The van der Waals surface area contributed by atoms with Crippen molar-refractivity contribution in [3.05, 3.63) is 40.8 Å². The van der Waals surface area contributed by atoms with Crippen LogP contribution in [0.3, 0.4) is 0 Å². The van der Waals surface area contributed by atoms with Gasteiger partial charge in [-0.1, -0.05) is 38.2 Å². The first-order valence-electron chi connectivity index (χ1n) is 4.88. The summed E-state index contributed by atoms with van der Waals surface area (Å²) < 4.78 is 0. The van der Waals surface area contributed by atoms with Crippen LogP contribution in [-0.2, 0) is 0 Å². The number of nitrogens with one attached hydrogen (secondary N) is 1. The van der Waals surface area contributed by atoms with Crippen LogP contribution in [0.5, 0.6) is 0 Å². The second-order valence-corrected chi connectivity index (χ2v) is 3.68. The van der Waals surface area contributed by atoms with Crippen LogP contribution in [0.4, 0.5) is 0 Å². The minimum absolute atomic E-state index is 0.443. The fourth-order valence-corrected chi connectivity index (χ4v) is 1.37. The largest absolute Gasteiger partial charge is 0.342 e. The van der Waals surface area contributed by atoms with Crippen molar-refractivity contribution in [3.63, 3.8) is 0 Å². The topological polar surface area (TPSA) is 28.7 Å². The van der Waals surface area contributed by atoms with Crippen molar-refractivity contribution < 1.29 is 0 Å². The van der Waals surface area contributed by atoms with Crippen molar-refractivity contribution in [2.45, 2.75) is 19.8 Å². The Hall–Kier alpha value is -1.57. The standard InChI is InChI=1S/C12H14N2/c1-9(2)12-13-10-7-5-3-4-6-8-11(10)14-12/h3-9H,1-2H3,(H,13,14)/b4-3?,5-3-,6-4-,7-5?,8-6?,10-7+,11-8+. The summed E-state index contributed by atoms with van der Waals surface area (Å²) in [5, 5.41) is 2.11. The van der Waals surface area contributed by atoms with E-state index in [1.807, 2.05) is 36.5 Å². The summed E-state index contributed by atoms with van der Waals surface area (Å²) in [4.78, 5) is 7.84. The van der Waals surface area contributed by atoms with Gasteiger partial charge < -0.3 is 4.98 Å². The van der Waals surface area contributed by atoms with Gasteiger partial charge in [0.15, 0.2) is 0 Å². The summed E-state index contributed by atoms with van der Waals surface area (Å²) in [7, 11) is 0. The van der Waals surface area contributed by atoms with Crippen LogP contribution in [0.2, 0.25) is 0 Å².